The number of nitrogens with one attached hydrogen (secondary N) is 1. The van der Waals surface area contributed by atoms with Gasteiger partial charge in [0.05, 0.1) is 29.3 Å². The van der Waals surface area contributed by atoms with Gasteiger partial charge in [-0.2, -0.15) is 5.26 Å². The van der Waals surface area contributed by atoms with Crippen molar-refractivity contribution < 1.29 is 14.3 Å². The molecule has 0 aliphatic heterocycles. The Morgan fingerprint density at radius 1 is 1.36 bits per heavy atom. The van der Waals surface area contributed by atoms with Crippen LogP contribution in [0.3, 0.4) is 0 Å². The summed E-state index contributed by atoms with van der Waals surface area (Å²) in [5.41, 5.74) is 1.30. The third kappa shape index (κ3) is 6.41. The fraction of sp³-hybridized carbons (Fsp3) is 0.400. The Balaban J connectivity index is 1.91. The zero-order chi connectivity index (χ0) is 20.5. The van der Waals surface area contributed by atoms with Crippen LogP contribution in [0, 0.1) is 17.2 Å². The Morgan fingerprint density at radius 3 is 2.79 bits per heavy atom. The number of hydrogen-bond donors (Lipinski definition) is 1. The van der Waals surface area contributed by atoms with Crippen LogP contribution in [0.5, 0.6) is 0 Å². The number of carbonyl (C=O) groups is 2. The second-order valence-electron chi connectivity index (χ2n) is 6.39. The molecule has 0 fully saturated rings. The van der Waals surface area contributed by atoms with Crippen molar-refractivity contribution in [1.82, 2.24) is 10.3 Å². The molecule has 0 saturated carbocycles. The fourth-order valence-electron chi connectivity index (χ4n) is 2.41. The van der Waals surface area contributed by atoms with Crippen LogP contribution >= 0.6 is 22.9 Å². The van der Waals surface area contributed by atoms with Crippen LogP contribution in [0.15, 0.2) is 29.6 Å². The summed E-state index contributed by atoms with van der Waals surface area (Å²) in [4.78, 5) is 29.0. The monoisotopic (exact) mass is 419 g/mol. The van der Waals surface area contributed by atoms with Crippen LogP contribution in [0.1, 0.15) is 26.0 Å². The Labute approximate surface area is 173 Å². The van der Waals surface area contributed by atoms with Gasteiger partial charge < -0.3 is 10.1 Å². The lowest BCUT2D eigenvalue weighted by Crippen LogP contribution is -2.36. The van der Waals surface area contributed by atoms with Gasteiger partial charge in [-0.15, -0.1) is 11.3 Å². The number of amides is 1. The summed E-state index contributed by atoms with van der Waals surface area (Å²) in [5, 5.41) is 14.9. The predicted octanol–water partition coefficient (Wildman–Crippen LogP) is 3.65. The molecule has 1 aromatic carbocycles. The van der Waals surface area contributed by atoms with E-state index in [2.05, 4.69) is 10.3 Å². The van der Waals surface area contributed by atoms with Crippen LogP contribution in [-0.4, -0.2) is 35.9 Å². The molecule has 2 aromatic rings. The molecule has 1 heterocycles. The van der Waals surface area contributed by atoms with Crippen molar-refractivity contribution in [2.24, 2.45) is 5.92 Å². The van der Waals surface area contributed by atoms with E-state index in [4.69, 9.17) is 16.3 Å². The first-order valence-corrected chi connectivity index (χ1v) is 10.2. The van der Waals surface area contributed by atoms with Gasteiger partial charge in [-0.25, -0.2) is 4.98 Å². The van der Waals surface area contributed by atoms with E-state index in [-0.39, 0.29) is 12.5 Å². The normalized spacial score (nSPS) is 11.8. The highest BCUT2D eigenvalue weighted by molar-refractivity contribution is 7.13. The zero-order valence-corrected chi connectivity index (χ0v) is 17.3. The van der Waals surface area contributed by atoms with Gasteiger partial charge in [0, 0.05) is 24.1 Å². The number of nitrogens with zero attached hydrogens (tertiary/aromatic N) is 2. The number of ether oxygens (including phenoxy) is 1. The number of benzene rings is 1. The van der Waals surface area contributed by atoms with Crippen molar-refractivity contribution in [3.05, 3.63) is 40.4 Å². The molecule has 0 spiro atoms. The quantitative estimate of drug-likeness (QED) is 0.468. The van der Waals surface area contributed by atoms with Crippen molar-refractivity contribution in [2.75, 3.05) is 13.2 Å². The molecule has 28 heavy (non-hydrogen) atoms. The maximum absolute atomic E-state index is 12.4. The van der Waals surface area contributed by atoms with E-state index in [0.29, 0.717) is 35.3 Å². The van der Waals surface area contributed by atoms with E-state index in [1.807, 2.05) is 32.0 Å². The molecule has 8 heteroatoms. The van der Waals surface area contributed by atoms with Gasteiger partial charge in [0.15, 0.2) is 11.7 Å². The second kappa shape index (κ2) is 10.9. The molecule has 2 rings (SSSR count). The van der Waals surface area contributed by atoms with Crippen LogP contribution in [0.25, 0.3) is 10.6 Å². The smallest absolute Gasteiger partial charge is 0.245 e. The maximum atomic E-state index is 12.4. The SMILES string of the molecule is CC(C)OCCCNC(=O)C(C#N)C(=O)Cc1csc(-c2ccccc2Cl)n1. The molecule has 0 radical (unpaired) electrons. The maximum Gasteiger partial charge on any atom is 0.245 e. The van der Waals surface area contributed by atoms with E-state index in [0.717, 1.165) is 5.56 Å². The van der Waals surface area contributed by atoms with Gasteiger partial charge >= 0.3 is 0 Å². The summed E-state index contributed by atoms with van der Waals surface area (Å²) < 4.78 is 5.38. The summed E-state index contributed by atoms with van der Waals surface area (Å²) in [6.07, 6.45) is 0.657. The largest absolute Gasteiger partial charge is 0.379 e. The van der Waals surface area contributed by atoms with E-state index < -0.39 is 17.6 Å². The van der Waals surface area contributed by atoms with Gasteiger partial charge in [0.25, 0.3) is 0 Å². The summed E-state index contributed by atoms with van der Waals surface area (Å²) in [6, 6.07) is 9.09. The van der Waals surface area contributed by atoms with E-state index in [1.54, 1.807) is 17.5 Å². The minimum Gasteiger partial charge on any atom is -0.379 e. The van der Waals surface area contributed by atoms with Gasteiger partial charge in [-0.1, -0.05) is 29.8 Å². The summed E-state index contributed by atoms with van der Waals surface area (Å²) in [5.74, 6) is -2.41. The van der Waals surface area contributed by atoms with Gasteiger partial charge in [-0.05, 0) is 26.3 Å². The lowest BCUT2D eigenvalue weighted by atomic mass is 10.0. The number of hydrogen-bond acceptors (Lipinski definition) is 6. The van der Waals surface area contributed by atoms with Crippen LogP contribution in [-0.2, 0) is 20.7 Å². The third-order valence-corrected chi connectivity index (χ3v) is 5.05. The van der Waals surface area contributed by atoms with Gasteiger partial charge in [-0.3, -0.25) is 9.59 Å². The molecule has 1 unspecified atom stereocenters. The molecule has 1 aromatic heterocycles. The minimum absolute atomic E-state index is 0.0803. The lowest BCUT2D eigenvalue weighted by molar-refractivity contribution is -0.131. The third-order valence-electron chi connectivity index (χ3n) is 3.80. The summed E-state index contributed by atoms with van der Waals surface area (Å²) in [6.45, 7) is 4.72. The van der Waals surface area contributed by atoms with Crippen LogP contribution in [0.4, 0.5) is 0 Å². The highest BCUT2D eigenvalue weighted by Gasteiger charge is 2.26. The molecule has 0 aliphatic rings. The first kappa shape index (κ1) is 22.0. The molecule has 6 nitrogen and oxygen atoms in total. The number of thiazole rings is 1. The number of ketones is 1. The number of halogens is 1. The van der Waals surface area contributed by atoms with Gasteiger partial charge in [0.2, 0.25) is 5.91 Å². The Hall–Kier alpha value is -2.27. The molecule has 1 N–H and O–H groups in total. The van der Waals surface area contributed by atoms with E-state index >= 15 is 0 Å². The van der Waals surface area contributed by atoms with Crippen molar-refractivity contribution in [3.8, 4) is 16.6 Å². The number of carbonyl (C=O) groups excluding carboxylic acids is 2. The Kier molecular flexibility index (Phi) is 8.58. The number of Topliss-reactive ketones (excluding diaryl/α,β-unsaturated/α-hetero) is 1. The average molecular weight is 420 g/mol. The summed E-state index contributed by atoms with van der Waals surface area (Å²) in [7, 11) is 0. The Morgan fingerprint density at radius 2 is 2.11 bits per heavy atom. The van der Waals surface area contributed by atoms with E-state index in [9.17, 15) is 14.9 Å². The number of aromatic nitrogens is 1. The first-order valence-electron chi connectivity index (χ1n) is 8.93. The molecule has 1 amide bonds. The van der Waals surface area contributed by atoms with Crippen molar-refractivity contribution in [2.45, 2.75) is 32.8 Å². The first-order chi connectivity index (χ1) is 13.4. The van der Waals surface area contributed by atoms with Crippen LogP contribution in [0.2, 0.25) is 5.02 Å². The van der Waals surface area contributed by atoms with Crippen LogP contribution < -0.4 is 5.32 Å². The van der Waals surface area contributed by atoms with Crippen molar-refractivity contribution in [3.63, 3.8) is 0 Å². The lowest BCUT2D eigenvalue weighted by Gasteiger charge is -2.10. The number of nitriles is 1. The van der Waals surface area contributed by atoms with Crippen molar-refractivity contribution >= 4 is 34.6 Å². The molecule has 148 valence electrons. The predicted molar refractivity (Wildman–Crippen MR) is 109 cm³/mol. The summed E-state index contributed by atoms with van der Waals surface area (Å²) >= 11 is 7.53. The topological polar surface area (TPSA) is 92.1 Å². The molecular weight excluding hydrogens is 398 g/mol. The highest BCUT2D eigenvalue weighted by Crippen LogP contribution is 2.30. The highest BCUT2D eigenvalue weighted by atomic mass is 35.5. The van der Waals surface area contributed by atoms with Crippen molar-refractivity contribution in [1.29, 1.82) is 5.26 Å². The standard InChI is InChI=1S/C20H22ClN3O3S/c1-13(2)27-9-5-8-23-19(26)16(11-22)18(25)10-14-12-28-20(24-14)15-6-3-4-7-17(15)21/h3-4,6-7,12-13,16H,5,8-10H2,1-2H3,(H,23,26). The molecular formula is C20H22ClN3O3S. The molecule has 0 saturated heterocycles. The number of rotatable bonds is 10. The minimum atomic E-state index is -1.35. The molecule has 1 atom stereocenters. The molecule has 0 bridgehead atoms. The fourth-order valence-corrected chi connectivity index (χ4v) is 3.55. The second-order valence-corrected chi connectivity index (χ2v) is 7.66. The van der Waals surface area contributed by atoms with E-state index in [1.165, 1.54) is 11.3 Å². The molecule has 0 aliphatic carbocycles. The van der Waals surface area contributed by atoms with Gasteiger partial charge in [0.1, 0.15) is 5.01 Å². The average Bonchev–Trinajstić information content (AvgIpc) is 3.10. The Bertz CT molecular complexity index is 860. The zero-order valence-electron chi connectivity index (χ0n) is 15.8.